The van der Waals surface area contributed by atoms with E-state index in [0.29, 0.717) is 6.42 Å². The number of amides is 1. The fraction of sp³-hybridized carbons (Fsp3) is 0.111. The summed E-state index contributed by atoms with van der Waals surface area (Å²) in [5.41, 5.74) is 1.73. The van der Waals surface area contributed by atoms with Crippen molar-refractivity contribution in [2.45, 2.75) is 6.42 Å². The van der Waals surface area contributed by atoms with Crippen LogP contribution < -0.4 is 5.32 Å². The van der Waals surface area contributed by atoms with Crippen molar-refractivity contribution in [1.29, 1.82) is 0 Å². The van der Waals surface area contributed by atoms with Crippen LogP contribution in [0.1, 0.15) is 5.69 Å². The van der Waals surface area contributed by atoms with E-state index in [9.17, 15) is 4.79 Å². The number of pyridine rings is 1. The van der Waals surface area contributed by atoms with Gasteiger partial charge in [-0.3, -0.25) is 9.20 Å². The largest absolute Gasteiger partial charge is 0.310 e. The second-order valence-corrected chi connectivity index (χ2v) is 3.06. The lowest BCUT2D eigenvalue weighted by molar-refractivity contribution is -0.115. The summed E-state index contributed by atoms with van der Waals surface area (Å²) in [5.74, 6) is 0.844. The first-order valence-corrected chi connectivity index (χ1v) is 4.10. The second-order valence-electron chi connectivity index (χ2n) is 3.06. The molecule has 3 heterocycles. The van der Waals surface area contributed by atoms with E-state index in [2.05, 4.69) is 10.3 Å². The summed E-state index contributed by atoms with van der Waals surface area (Å²) in [5, 5.41) is 2.78. The molecule has 1 amide bonds. The van der Waals surface area contributed by atoms with Gasteiger partial charge in [0.05, 0.1) is 12.1 Å². The molecule has 4 nitrogen and oxygen atoms in total. The molecule has 2 aromatic rings. The van der Waals surface area contributed by atoms with Gasteiger partial charge in [-0.15, -0.1) is 0 Å². The van der Waals surface area contributed by atoms with Crippen LogP contribution in [-0.4, -0.2) is 15.3 Å². The molecule has 0 bridgehead atoms. The van der Waals surface area contributed by atoms with E-state index in [1.807, 2.05) is 28.8 Å². The molecule has 0 aliphatic carbocycles. The molecule has 0 saturated heterocycles. The van der Waals surface area contributed by atoms with Crippen molar-refractivity contribution in [3.8, 4) is 0 Å². The Morgan fingerprint density at radius 1 is 1.46 bits per heavy atom. The lowest BCUT2D eigenvalue weighted by Crippen LogP contribution is -2.06. The monoisotopic (exact) mass is 173 g/mol. The van der Waals surface area contributed by atoms with Crippen LogP contribution in [0.5, 0.6) is 0 Å². The fourth-order valence-corrected chi connectivity index (χ4v) is 1.63. The molecule has 2 aromatic heterocycles. The van der Waals surface area contributed by atoms with Crippen molar-refractivity contribution in [3.05, 3.63) is 30.1 Å². The third-order valence-electron chi connectivity index (χ3n) is 2.19. The fourth-order valence-electron chi connectivity index (χ4n) is 1.63. The predicted octanol–water partition coefficient (Wildman–Crippen LogP) is 0.829. The van der Waals surface area contributed by atoms with Crippen molar-refractivity contribution in [2.24, 2.45) is 0 Å². The molecule has 13 heavy (non-hydrogen) atoms. The molecule has 1 aliphatic heterocycles. The average molecular weight is 173 g/mol. The van der Waals surface area contributed by atoms with Gasteiger partial charge in [0.15, 0.2) is 0 Å². The van der Waals surface area contributed by atoms with E-state index in [1.165, 1.54) is 0 Å². The standard InChI is InChI=1S/C9H7N3O/c13-8-5-6-9(11-8)12-4-2-1-3-7(12)10-6/h1-4H,5H2,(H,11,13). The summed E-state index contributed by atoms with van der Waals surface area (Å²) in [6.07, 6.45) is 2.30. The van der Waals surface area contributed by atoms with Gasteiger partial charge in [-0.1, -0.05) is 6.07 Å². The van der Waals surface area contributed by atoms with Gasteiger partial charge in [-0.25, -0.2) is 4.98 Å². The quantitative estimate of drug-likeness (QED) is 0.641. The van der Waals surface area contributed by atoms with Gasteiger partial charge < -0.3 is 5.32 Å². The Morgan fingerprint density at radius 2 is 2.38 bits per heavy atom. The summed E-state index contributed by atoms with van der Waals surface area (Å²) in [4.78, 5) is 15.4. The molecular weight excluding hydrogens is 166 g/mol. The van der Waals surface area contributed by atoms with Crippen molar-refractivity contribution >= 4 is 17.4 Å². The second kappa shape index (κ2) is 2.10. The van der Waals surface area contributed by atoms with Gasteiger partial charge >= 0.3 is 0 Å². The van der Waals surface area contributed by atoms with Gasteiger partial charge in [0.25, 0.3) is 0 Å². The maximum atomic E-state index is 11.0. The lowest BCUT2D eigenvalue weighted by atomic mass is 10.4. The van der Waals surface area contributed by atoms with Crippen LogP contribution in [0.25, 0.3) is 5.65 Å². The molecule has 3 rings (SSSR count). The van der Waals surface area contributed by atoms with Crippen LogP contribution in [0.2, 0.25) is 0 Å². The Labute approximate surface area is 74.2 Å². The minimum absolute atomic E-state index is 0.0238. The highest BCUT2D eigenvalue weighted by molar-refractivity contribution is 5.98. The minimum atomic E-state index is 0.0238. The minimum Gasteiger partial charge on any atom is -0.310 e. The number of aromatic nitrogens is 2. The Balaban J connectivity index is 2.37. The molecule has 0 radical (unpaired) electrons. The van der Waals surface area contributed by atoms with Crippen LogP contribution in [0, 0.1) is 0 Å². The van der Waals surface area contributed by atoms with Crippen LogP contribution in [0.15, 0.2) is 24.4 Å². The molecular formula is C9H7N3O. The smallest absolute Gasteiger partial charge is 0.231 e. The average Bonchev–Trinajstić information content (AvgIpc) is 2.60. The van der Waals surface area contributed by atoms with Crippen molar-refractivity contribution < 1.29 is 4.79 Å². The zero-order valence-corrected chi connectivity index (χ0v) is 6.82. The van der Waals surface area contributed by atoms with Gasteiger partial charge in [0, 0.05) is 6.20 Å². The topological polar surface area (TPSA) is 46.4 Å². The number of carbonyl (C=O) groups is 1. The molecule has 1 aliphatic rings. The molecule has 0 fully saturated rings. The summed E-state index contributed by atoms with van der Waals surface area (Å²) in [7, 11) is 0. The Bertz CT molecular complexity index is 501. The molecule has 0 spiro atoms. The zero-order valence-electron chi connectivity index (χ0n) is 6.82. The summed E-state index contributed by atoms with van der Waals surface area (Å²) < 4.78 is 1.89. The highest BCUT2D eigenvalue weighted by Gasteiger charge is 2.22. The van der Waals surface area contributed by atoms with Crippen LogP contribution in [0.4, 0.5) is 5.82 Å². The number of hydrogen-bond donors (Lipinski definition) is 1. The van der Waals surface area contributed by atoms with E-state index in [0.717, 1.165) is 17.2 Å². The van der Waals surface area contributed by atoms with Gasteiger partial charge in [-0.05, 0) is 12.1 Å². The molecule has 0 unspecified atom stereocenters. The Hall–Kier alpha value is -1.84. The maximum absolute atomic E-state index is 11.0. The number of carbonyl (C=O) groups excluding carboxylic acids is 1. The van der Waals surface area contributed by atoms with Crippen LogP contribution in [-0.2, 0) is 11.2 Å². The normalized spacial score (nSPS) is 14.6. The Morgan fingerprint density at radius 3 is 3.31 bits per heavy atom. The lowest BCUT2D eigenvalue weighted by Gasteiger charge is -1.96. The first-order chi connectivity index (χ1) is 6.34. The highest BCUT2D eigenvalue weighted by Crippen LogP contribution is 2.23. The van der Waals surface area contributed by atoms with Gasteiger partial charge in [0.2, 0.25) is 5.91 Å². The van der Waals surface area contributed by atoms with E-state index in [1.54, 1.807) is 0 Å². The molecule has 0 aromatic carbocycles. The van der Waals surface area contributed by atoms with E-state index in [-0.39, 0.29) is 5.91 Å². The molecule has 64 valence electrons. The third kappa shape index (κ3) is 0.796. The first-order valence-electron chi connectivity index (χ1n) is 4.10. The highest BCUT2D eigenvalue weighted by atomic mass is 16.1. The van der Waals surface area contributed by atoms with Crippen LogP contribution in [0.3, 0.4) is 0 Å². The maximum Gasteiger partial charge on any atom is 0.231 e. The van der Waals surface area contributed by atoms with E-state index >= 15 is 0 Å². The number of imidazole rings is 1. The van der Waals surface area contributed by atoms with Crippen molar-refractivity contribution in [2.75, 3.05) is 5.32 Å². The number of nitrogens with one attached hydrogen (secondary N) is 1. The summed E-state index contributed by atoms with van der Waals surface area (Å²) in [6, 6.07) is 5.77. The van der Waals surface area contributed by atoms with Crippen LogP contribution >= 0.6 is 0 Å². The molecule has 1 N–H and O–H groups in total. The molecule has 0 saturated carbocycles. The first kappa shape index (κ1) is 6.65. The summed E-state index contributed by atoms with van der Waals surface area (Å²) >= 11 is 0. The summed E-state index contributed by atoms with van der Waals surface area (Å²) in [6.45, 7) is 0. The number of nitrogens with zero attached hydrogens (tertiary/aromatic N) is 2. The third-order valence-corrected chi connectivity index (χ3v) is 2.19. The molecule has 0 atom stereocenters. The van der Waals surface area contributed by atoms with Crippen molar-refractivity contribution in [3.63, 3.8) is 0 Å². The van der Waals surface area contributed by atoms with Gasteiger partial charge in [0.1, 0.15) is 11.5 Å². The molecule has 4 heteroatoms. The van der Waals surface area contributed by atoms with E-state index < -0.39 is 0 Å². The zero-order chi connectivity index (χ0) is 8.84. The predicted molar refractivity (Wildman–Crippen MR) is 47.5 cm³/mol. The number of anilines is 1. The Kier molecular flexibility index (Phi) is 1.07. The van der Waals surface area contributed by atoms with E-state index in [4.69, 9.17) is 0 Å². The van der Waals surface area contributed by atoms with Crippen molar-refractivity contribution in [1.82, 2.24) is 9.38 Å². The number of rotatable bonds is 0. The number of hydrogen-bond acceptors (Lipinski definition) is 2. The van der Waals surface area contributed by atoms with Gasteiger partial charge in [-0.2, -0.15) is 0 Å². The SMILES string of the molecule is O=C1Cc2nc3ccccn3c2N1. The number of fused-ring (bicyclic) bond motifs is 3.